The first kappa shape index (κ1) is 14.1. The van der Waals surface area contributed by atoms with E-state index in [1.807, 2.05) is 0 Å². The molecule has 0 bridgehead atoms. The SMILES string of the molecule is Cc1cc(=O)nc2sc(=Cc3ccc([N+](=O)[O-])cc3)c(=O)n12. The van der Waals surface area contributed by atoms with Crippen molar-refractivity contribution in [3.63, 3.8) is 0 Å². The molecule has 0 amide bonds. The average Bonchev–Trinajstić information content (AvgIpc) is 2.75. The summed E-state index contributed by atoms with van der Waals surface area (Å²) in [5.41, 5.74) is 0.525. The molecule has 3 aromatic rings. The first-order valence-electron chi connectivity index (χ1n) is 6.25. The van der Waals surface area contributed by atoms with E-state index in [-0.39, 0.29) is 16.8 Å². The number of benzene rings is 1. The number of aromatic nitrogens is 2. The van der Waals surface area contributed by atoms with Gasteiger partial charge in [0.25, 0.3) is 16.8 Å². The molecule has 2 aromatic heterocycles. The summed E-state index contributed by atoms with van der Waals surface area (Å²) in [6.07, 6.45) is 1.62. The van der Waals surface area contributed by atoms with Gasteiger partial charge in [0.2, 0.25) is 4.96 Å². The lowest BCUT2D eigenvalue weighted by molar-refractivity contribution is -0.384. The van der Waals surface area contributed by atoms with Gasteiger partial charge in [-0.2, -0.15) is 4.98 Å². The molecule has 8 heteroatoms. The number of nitro groups is 1. The summed E-state index contributed by atoms with van der Waals surface area (Å²) in [5, 5.41) is 10.6. The Balaban J connectivity index is 2.19. The molecule has 7 nitrogen and oxygen atoms in total. The van der Waals surface area contributed by atoms with Gasteiger partial charge in [-0.3, -0.25) is 24.1 Å². The van der Waals surface area contributed by atoms with Crippen LogP contribution < -0.4 is 15.7 Å². The van der Waals surface area contributed by atoms with Gasteiger partial charge in [0.05, 0.1) is 9.46 Å². The minimum Gasteiger partial charge on any atom is -0.267 e. The van der Waals surface area contributed by atoms with Crippen molar-refractivity contribution in [2.45, 2.75) is 6.92 Å². The van der Waals surface area contributed by atoms with Gasteiger partial charge < -0.3 is 0 Å². The predicted molar refractivity (Wildman–Crippen MR) is 82.2 cm³/mol. The highest BCUT2D eigenvalue weighted by molar-refractivity contribution is 7.15. The molecule has 3 rings (SSSR count). The number of non-ortho nitro benzene ring substituents is 1. The van der Waals surface area contributed by atoms with E-state index < -0.39 is 4.92 Å². The molecule has 22 heavy (non-hydrogen) atoms. The molecule has 0 saturated heterocycles. The Morgan fingerprint density at radius 2 is 1.95 bits per heavy atom. The molecular weight excluding hydrogens is 306 g/mol. The third-order valence-corrected chi connectivity index (χ3v) is 4.07. The van der Waals surface area contributed by atoms with Crippen LogP contribution in [0.25, 0.3) is 11.0 Å². The molecule has 110 valence electrons. The third-order valence-electron chi connectivity index (χ3n) is 3.10. The molecule has 0 atom stereocenters. The van der Waals surface area contributed by atoms with Crippen molar-refractivity contribution >= 4 is 28.1 Å². The molecule has 0 aliphatic carbocycles. The van der Waals surface area contributed by atoms with Crippen LogP contribution in [0.5, 0.6) is 0 Å². The van der Waals surface area contributed by atoms with Gasteiger partial charge in [0, 0.05) is 23.9 Å². The van der Waals surface area contributed by atoms with E-state index in [1.165, 1.54) is 22.6 Å². The standard InChI is InChI=1S/C14H9N3O4S/c1-8-6-12(18)15-14-16(8)13(19)11(22-14)7-9-2-4-10(5-3-9)17(20)21/h2-7H,1H3. The summed E-state index contributed by atoms with van der Waals surface area (Å²) in [6, 6.07) is 7.17. The lowest BCUT2D eigenvalue weighted by atomic mass is 10.2. The van der Waals surface area contributed by atoms with Gasteiger partial charge in [-0.05, 0) is 30.7 Å². The topological polar surface area (TPSA) is 94.6 Å². The van der Waals surface area contributed by atoms with Crippen LogP contribution in [-0.4, -0.2) is 14.3 Å². The van der Waals surface area contributed by atoms with Crippen LogP contribution in [0.4, 0.5) is 5.69 Å². The lowest BCUT2D eigenvalue weighted by Crippen LogP contribution is -2.25. The maximum absolute atomic E-state index is 12.3. The van der Waals surface area contributed by atoms with Gasteiger partial charge in [0.1, 0.15) is 0 Å². The molecule has 0 saturated carbocycles. The monoisotopic (exact) mass is 315 g/mol. The summed E-state index contributed by atoms with van der Waals surface area (Å²) in [7, 11) is 0. The first-order chi connectivity index (χ1) is 10.5. The second-order valence-corrected chi connectivity index (χ2v) is 5.63. The van der Waals surface area contributed by atoms with Gasteiger partial charge in [0.15, 0.2) is 0 Å². The summed E-state index contributed by atoms with van der Waals surface area (Å²) < 4.78 is 1.79. The van der Waals surface area contributed by atoms with Crippen molar-refractivity contribution in [3.8, 4) is 0 Å². The summed E-state index contributed by atoms with van der Waals surface area (Å²) in [4.78, 5) is 38.0. The number of thiazole rings is 1. The zero-order valence-corrected chi connectivity index (χ0v) is 12.2. The molecular formula is C14H9N3O4S. The van der Waals surface area contributed by atoms with Crippen molar-refractivity contribution in [1.29, 1.82) is 0 Å². The number of nitro benzene ring substituents is 1. The van der Waals surface area contributed by atoms with Crippen molar-refractivity contribution in [1.82, 2.24) is 9.38 Å². The quantitative estimate of drug-likeness (QED) is 0.517. The van der Waals surface area contributed by atoms with Crippen molar-refractivity contribution in [3.05, 3.63) is 76.9 Å². The molecule has 2 heterocycles. The molecule has 0 unspecified atom stereocenters. The van der Waals surface area contributed by atoms with Crippen LogP contribution in [0, 0.1) is 17.0 Å². The molecule has 0 radical (unpaired) electrons. The highest BCUT2D eigenvalue weighted by Crippen LogP contribution is 2.12. The molecule has 1 aromatic carbocycles. The maximum atomic E-state index is 12.3. The first-order valence-corrected chi connectivity index (χ1v) is 7.07. The molecule has 0 N–H and O–H groups in total. The number of hydrogen-bond donors (Lipinski definition) is 0. The Morgan fingerprint density at radius 3 is 2.59 bits per heavy atom. The minimum absolute atomic E-state index is 0.0151. The largest absolute Gasteiger partial charge is 0.274 e. The second kappa shape index (κ2) is 5.15. The zero-order valence-electron chi connectivity index (χ0n) is 11.3. The van der Waals surface area contributed by atoms with E-state index in [4.69, 9.17) is 0 Å². The van der Waals surface area contributed by atoms with Crippen LogP contribution in [-0.2, 0) is 0 Å². The van der Waals surface area contributed by atoms with Gasteiger partial charge in [-0.25, -0.2) is 0 Å². The summed E-state index contributed by atoms with van der Waals surface area (Å²) in [6.45, 7) is 1.67. The highest BCUT2D eigenvalue weighted by atomic mass is 32.1. The van der Waals surface area contributed by atoms with E-state index in [2.05, 4.69) is 4.98 Å². The summed E-state index contributed by atoms with van der Waals surface area (Å²) >= 11 is 1.11. The Labute approximate surface area is 126 Å². The average molecular weight is 315 g/mol. The van der Waals surface area contributed by atoms with Crippen molar-refractivity contribution in [2.24, 2.45) is 0 Å². The van der Waals surface area contributed by atoms with Gasteiger partial charge in [-0.1, -0.05) is 11.3 Å². The number of aryl methyl sites for hydroxylation is 1. The van der Waals surface area contributed by atoms with Crippen molar-refractivity contribution < 1.29 is 4.92 Å². The van der Waals surface area contributed by atoms with Gasteiger partial charge >= 0.3 is 0 Å². The Bertz CT molecular complexity index is 1050. The van der Waals surface area contributed by atoms with Gasteiger partial charge in [-0.15, -0.1) is 0 Å². The van der Waals surface area contributed by atoms with Crippen LogP contribution >= 0.6 is 11.3 Å². The van der Waals surface area contributed by atoms with Crippen LogP contribution in [0.1, 0.15) is 11.3 Å². The Morgan fingerprint density at radius 1 is 1.27 bits per heavy atom. The Hall–Kier alpha value is -2.87. The Kier molecular flexibility index (Phi) is 3.30. The third kappa shape index (κ3) is 2.40. The minimum atomic E-state index is -0.485. The number of nitrogens with zero attached hydrogens (tertiary/aromatic N) is 3. The second-order valence-electron chi connectivity index (χ2n) is 4.62. The van der Waals surface area contributed by atoms with Crippen LogP contribution in [0.3, 0.4) is 0 Å². The number of rotatable bonds is 2. The van der Waals surface area contributed by atoms with E-state index in [0.717, 1.165) is 11.3 Å². The fraction of sp³-hybridized carbons (Fsp3) is 0.0714. The molecule has 0 aliphatic heterocycles. The smallest absolute Gasteiger partial charge is 0.267 e. The normalized spacial score (nSPS) is 12.0. The lowest BCUT2D eigenvalue weighted by Gasteiger charge is -1.93. The molecule has 0 spiro atoms. The zero-order chi connectivity index (χ0) is 15.9. The molecule has 0 fully saturated rings. The van der Waals surface area contributed by atoms with E-state index in [0.29, 0.717) is 20.8 Å². The van der Waals surface area contributed by atoms with E-state index in [1.54, 1.807) is 25.1 Å². The van der Waals surface area contributed by atoms with E-state index in [9.17, 15) is 19.7 Å². The van der Waals surface area contributed by atoms with Crippen molar-refractivity contribution in [2.75, 3.05) is 0 Å². The molecule has 0 aliphatic rings. The fourth-order valence-electron chi connectivity index (χ4n) is 2.07. The highest BCUT2D eigenvalue weighted by Gasteiger charge is 2.08. The summed E-state index contributed by atoms with van der Waals surface area (Å²) in [5.74, 6) is 0. The number of hydrogen-bond acceptors (Lipinski definition) is 6. The van der Waals surface area contributed by atoms with E-state index >= 15 is 0 Å². The van der Waals surface area contributed by atoms with Crippen LogP contribution in [0.15, 0.2) is 39.9 Å². The fourth-order valence-corrected chi connectivity index (χ4v) is 3.10. The van der Waals surface area contributed by atoms with Crippen LogP contribution in [0.2, 0.25) is 0 Å². The maximum Gasteiger partial charge on any atom is 0.274 e. The predicted octanol–water partition coefficient (Wildman–Crippen LogP) is 0.881. The number of fused-ring (bicyclic) bond motifs is 1.